The topological polar surface area (TPSA) is 69.7 Å². The average molecular weight is 373 g/mol. The fourth-order valence-corrected chi connectivity index (χ4v) is 4.48. The summed E-state index contributed by atoms with van der Waals surface area (Å²) in [5.41, 5.74) is 1.55. The highest BCUT2D eigenvalue weighted by atomic mass is 32.2. The highest BCUT2D eigenvalue weighted by molar-refractivity contribution is 7.88. The molecule has 1 aliphatic rings. The van der Waals surface area contributed by atoms with Crippen LogP contribution in [-0.4, -0.2) is 56.3 Å². The normalized spacial score (nSPS) is 16.3. The minimum Gasteiger partial charge on any atom is -0.325 e. The van der Waals surface area contributed by atoms with Crippen molar-refractivity contribution in [3.05, 3.63) is 66.2 Å². The van der Waals surface area contributed by atoms with Gasteiger partial charge in [0, 0.05) is 31.9 Å². The lowest BCUT2D eigenvalue weighted by Crippen LogP contribution is -2.50. The van der Waals surface area contributed by atoms with Gasteiger partial charge in [0.15, 0.2) is 0 Å². The summed E-state index contributed by atoms with van der Waals surface area (Å²) >= 11 is 0. The zero-order valence-electron chi connectivity index (χ0n) is 14.5. The van der Waals surface area contributed by atoms with E-state index in [4.69, 9.17) is 0 Å². The summed E-state index contributed by atoms with van der Waals surface area (Å²) < 4.78 is 26.6. The van der Waals surface area contributed by atoms with Gasteiger partial charge >= 0.3 is 0 Å². The van der Waals surface area contributed by atoms with Gasteiger partial charge in [-0.1, -0.05) is 48.5 Å². The molecule has 0 atom stereocenters. The molecular formula is C19H23N3O3S. The maximum absolute atomic E-state index is 12.6. The zero-order valence-corrected chi connectivity index (χ0v) is 15.4. The summed E-state index contributed by atoms with van der Waals surface area (Å²) in [5.74, 6) is -0.0701. The van der Waals surface area contributed by atoms with E-state index in [-0.39, 0.29) is 18.2 Å². The van der Waals surface area contributed by atoms with Crippen LogP contribution >= 0.6 is 0 Å². The van der Waals surface area contributed by atoms with Crippen LogP contribution in [0, 0.1) is 0 Å². The van der Waals surface area contributed by atoms with Gasteiger partial charge in [-0.2, -0.15) is 4.31 Å². The van der Waals surface area contributed by atoms with Crippen molar-refractivity contribution in [2.24, 2.45) is 0 Å². The SMILES string of the molecule is O=C(CN1CCN(S(=O)(=O)Cc2ccccc2)CC1)Nc1ccccc1. The van der Waals surface area contributed by atoms with Crippen LogP contribution in [0.3, 0.4) is 0 Å². The number of carbonyl (C=O) groups excluding carboxylic acids is 1. The molecule has 26 heavy (non-hydrogen) atoms. The molecule has 0 aliphatic carbocycles. The Morgan fingerprint density at radius 2 is 1.46 bits per heavy atom. The molecule has 7 heteroatoms. The monoisotopic (exact) mass is 373 g/mol. The fraction of sp³-hybridized carbons (Fsp3) is 0.316. The van der Waals surface area contributed by atoms with E-state index in [1.54, 1.807) is 0 Å². The Hall–Kier alpha value is -2.22. The molecule has 6 nitrogen and oxygen atoms in total. The van der Waals surface area contributed by atoms with Crippen LogP contribution in [0.25, 0.3) is 0 Å². The van der Waals surface area contributed by atoms with E-state index in [0.29, 0.717) is 26.2 Å². The lowest BCUT2D eigenvalue weighted by atomic mass is 10.2. The molecule has 0 spiro atoms. The first-order valence-electron chi connectivity index (χ1n) is 8.62. The van der Waals surface area contributed by atoms with Crippen molar-refractivity contribution in [2.45, 2.75) is 5.75 Å². The molecule has 1 fully saturated rings. The van der Waals surface area contributed by atoms with Crippen molar-refractivity contribution in [1.82, 2.24) is 9.21 Å². The van der Waals surface area contributed by atoms with E-state index in [1.165, 1.54) is 4.31 Å². The number of amides is 1. The number of hydrogen-bond donors (Lipinski definition) is 1. The predicted molar refractivity (Wildman–Crippen MR) is 102 cm³/mol. The Morgan fingerprint density at radius 1 is 0.885 bits per heavy atom. The van der Waals surface area contributed by atoms with E-state index in [9.17, 15) is 13.2 Å². The van der Waals surface area contributed by atoms with Gasteiger partial charge in [0.05, 0.1) is 12.3 Å². The second-order valence-corrected chi connectivity index (χ2v) is 8.30. The maximum atomic E-state index is 12.6. The molecule has 3 rings (SSSR count). The lowest BCUT2D eigenvalue weighted by molar-refractivity contribution is -0.117. The summed E-state index contributed by atoms with van der Waals surface area (Å²) in [7, 11) is -3.33. The van der Waals surface area contributed by atoms with Crippen LogP contribution in [-0.2, 0) is 20.6 Å². The van der Waals surface area contributed by atoms with Gasteiger partial charge in [0.1, 0.15) is 0 Å². The number of carbonyl (C=O) groups is 1. The van der Waals surface area contributed by atoms with E-state index in [0.717, 1.165) is 11.3 Å². The average Bonchev–Trinajstić information content (AvgIpc) is 2.63. The minimum atomic E-state index is -3.33. The number of rotatable bonds is 6. The number of nitrogens with zero attached hydrogens (tertiary/aromatic N) is 2. The molecule has 1 amide bonds. The van der Waals surface area contributed by atoms with Gasteiger partial charge in [-0.25, -0.2) is 8.42 Å². The Kier molecular flexibility index (Phi) is 6.03. The number of nitrogens with one attached hydrogen (secondary N) is 1. The third-order valence-corrected chi connectivity index (χ3v) is 6.19. The third-order valence-electron chi connectivity index (χ3n) is 4.34. The molecule has 2 aromatic rings. The summed E-state index contributed by atoms with van der Waals surface area (Å²) in [4.78, 5) is 14.1. The van der Waals surface area contributed by atoms with Gasteiger partial charge in [-0.3, -0.25) is 9.69 Å². The van der Waals surface area contributed by atoms with Crippen molar-refractivity contribution in [1.29, 1.82) is 0 Å². The summed E-state index contributed by atoms with van der Waals surface area (Å²) in [5, 5.41) is 2.85. The number of anilines is 1. The summed E-state index contributed by atoms with van der Waals surface area (Å²) in [6.07, 6.45) is 0. The first-order chi connectivity index (χ1) is 12.5. The molecule has 0 aromatic heterocycles. The van der Waals surface area contributed by atoms with E-state index < -0.39 is 10.0 Å². The highest BCUT2D eigenvalue weighted by Crippen LogP contribution is 2.14. The van der Waals surface area contributed by atoms with Crippen LogP contribution in [0.2, 0.25) is 0 Å². The van der Waals surface area contributed by atoms with Gasteiger partial charge in [-0.05, 0) is 17.7 Å². The quantitative estimate of drug-likeness (QED) is 0.838. The van der Waals surface area contributed by atoms with Crippen LogP contribution in [0.1, 0.15) is 5.56 Å². The number of piperazine rings is 1. The molecule has 0 unspecified atom stereocenters. The maximum Gasteiger partial charge on any atom is 0.238 e. The van der Waals surface area contributed by atoms with Crippen molar-refractivity contribution >= 4 is 21.6 Å². The van der Waals surface area contributed by atoms with Crippen LogP contribution in [0.5, 0.6) is 0 Å². The number of para-hydroxylation sites is 1. The smallest absolute Gasteiger partial charge is 0.238 e. The molecular weight excluding hydrogens is 350 g/mol. The molecule has 0 bridgehead atoms. The summed E-state index contributed by atoms with van der Waals surface area (Å²) in [6.45, 7) is 2.19. The molecule has 2 aromatic carbocycles. The Bertz CT molecular complexity index is 818. The van der Waals surface area contributed by atoms with Crippen molar-refractivity contribution < 1.29 is 13.2 Å². The molecule has 1 heterocycles. The Morgan fingerprint density at radius 3 is 2.08 bits per heavy atom. The Balaban J connectivity index is 1.48. The van der Waals surface area contributed by atoms with E-state index >= 15 is 0 Å². The molecule has 138 valence electrons. The molecule has 0 radical (unpaired) electrons. The van der Waals surface area contributed by atoms with Crippen molar-refractivity contribution in [3.63, 3.8) is 0 Å². The second kappa shape index (κ2) is 8.44. The number of benzene rings is 2. The van der Waals surface area contributed by atoms with E-state index in [1.807, 2.05) is 65.6 Å². The highest BCUT2D eigenvalue weighted by Gasteiger charge is 2.27. The standard InChI is InChI=1S/C19H23N3O3S/c23-19(20-18-9-5-2-6-10-18)15-21-11-13-22(14-12-21)26(24,25)16-17-7-3-1-4-8-17/h1-10H,11-16H2,(H,20,23). The first-order valence-corrected chi connectivity index (χ1v) is 10.2. The fourth-order valence-electron chi connectivity index (χ4n) is 2.97. The molecule has 1 aliphatic heterocycles. The van der Waals surface area contributed by atoms with Gasteiger partial charge < -0.3 is 5.32 Å². The van der Waals surface area contributed by atoms with Crippen LogP contribution in [0.15, 0.2) is 60.7 Å². The van der Waals surface area contributed by atoms with Crippen molar-refractivity contribution in [3.8, 4) is 0 Å². The zero-order chi connectivity index (χ0) is 18.4. The van der Waals surface area contributed by atoms with E-state index in [2.05, 4.69) is 5.32 Å². The molecule has 0 saturated carbocycles. The second-order valence-electron chi connectivity index (χ2n) is 6.33. The molecule has 1 N–H and O–H groups in total. The van der Waals surface area contributed by atoms with Gasteiger partial charge in [0.2, 0.25) is 15.9 Å². The summed E-state index contributed by atoms with van der Waals surface area (Å²) in [6, 6.07) is 18.5. The number of sulfonamides is 1. The number of hydrogen-bond acceptors (Lipinski definition) is 4. The first kappa shape index (κ1) is 18.6. The third kappa shape index (κ3) is 5.14. The van der Waals surface area contributed by atoms with Gasteiger partial charge in [0.25, 0.3) is 0 Å². The Labute approximate surface area is 154 Å². The van der Waals surface area contributed by atoms with Crippen LogP contribution < -0.4 is 5.32 Å². The van der Waals surface area contributed by atoms with Crippen molar-refractivity contribution in [2.75, 3.05) is 38.0 Å². The molecule has 1 saturated heterocycles. The van der Waals surface area contributed by atoms with Crippen LogP contribution in [0.4, 0.5) is 5.69 Å². The van der Waals surface area contributed by atoms with Gasteiger partial charge in [-0.15, -0.1) is 0 Å². The largest absolute Gasteiger partial charge is 0.325 e. The minimum absolute atomic E-state index is 0.0162. The predicted octanol–water partition coefficient (Wildman–Crippen LogP) is 1.77. The lowest BCUT2D eigenvalue weighted by Gasteiger charge is -2.33.